The molecular formula is C19H24N2O5S. The molecule has 27 heavy (non-hydrogen) atoms. The molecule has 0 spiro atoms. The minimum atomic E-state index is -3.58. The average Bonchev–Trinajstić information content (AvgIpc) is 2.67. The van der Waals surface area contributed by atoms with E-state index >= 15 is 0 Å². The molecule has 0 radical (unpaired) electrons. The maximum absolute atomic E-state index is 12.5. The van der Waals surface area contributed by atoms with Gasteiger partial charge in [-0.05, 0) is 49.7 Å². The quantitative estimate of drug-likeness (QED) is 0.720. The number of amides is 1. The highest BCUT2D eigenvalue weighted by Gasteiger charge is 2.17. The fourth-order valence-corrected chi connectivity index (χ4v) is 3.60. The van der Waals surface area contributed by atoms with Gasteiger partial charge in [-0.3, -0.25) is 4.79 Å². The molecule has 0 saturated carbocycles. The van der Waals surface area contributed by atoms with E-state index in [1.165, 1.54) is 26.4 Å². The van der Waals surface area contributed by atoms with Gasteiger partial charge in [-0.25, -0.2) is 13.1 Å². The number of anilines is 1. The van der Waals surface area contributed by atoms with Gasteiger partial charge in [0, 0.05) is 23.4 Å². The molecule has 7 nitrogen and oxygen atoms in total. The SMILES string of the molecule is CC[C@H](C)NS(=O)(=O)c1ccc(NC(=O)c2cc(OC)cc(OC)c2)cc1. The number of carbonyl (C=O) groups excluding carboxylic acids is 1. The summed E-state index contributed by atoms with van der Waals surface area (Å²) in [6, 6.07) is 10.7. The van der Waals surface area contributed by atoms with Crippen molar-refractivity contribution in [3.63, 3.8) is 0 Å². The Morgan fingerprint density at radius 2 is 1.59 bits per heavy atom. The zero-order chi connectivity index (χ0) is 20.0. The van der Waals surface area contributed by atoms with Gasteiger partial charge in [-0.1, -0.05) is 6.92 Å². The van der Waals surface area contributed by atoms with Crippen molar-refractivity contribution in [1.82, 2.24) is 4.72 Å². The van der Waals surface area contributed by atoms with Crippen LogP contribution in [-0.2, 0) is 10.0 Å². The molecule has 2 aromatic rings. The number of benzene rings is 2. The number of methoxy groups -OCH3 is 2. The van der Waals surface area contributed by atoms with Crippen molar-refractivity contribution in [1.29, 1.82) is 0 Å². The summed E-state index contributed by atoms with van der Waals surface area (Å²) in [5, 5.41) is 2.73. The third kappa shape index (κ3) is 5.45. The molecule has 8 heteroatoms. The molecule has 2 aromatic carbocycles. The van der Waals surface area contributed by atoms with Gasteiger partial charge < -0.3 is 14.8 Å². The minimum absolute atomic E-state index is 0.142. The summed E-state index contributed by atoms with van der Waals surface area (Å²) in [7, 11) is -0.577. The summed E-state index contributed by atoms with van der Waals surface area (Å²) < 4.78 is 37.4. The van der Waals surface area contributed by atoms with Gasteiger partial charge in [0.05, 0.1) is 19.1 Å². The fraction of sp³-hybridized carbons (Fsp3) is 0.316. The van der Waals surface area contributed by atoms with Gasteiger partial charge in [0.25, 0.3) is 5.91 Å². The smallest absolute Gasteiger partial charge is 0.255 e. The van der Waals surface area contributed by atoms with E-state index in [2.05, 4.69) is 10.0 Å². The number of ether oxygens (including phenoxy) is 2. The molecule has 146 valence electrons. The van der Waals surface area contributed by atoms with Crippen LogP contribution in [-0.4, -0.2) is 34.6 Å². The zero-order valence-corrected chi connectivity index (χ0v) is 16.6. The summed E-state index contributed by atoms with van der Waals surface area (Å²) in [5.41, 5.74) is 0.839. The van der Waals surface area contributed by atoms with E-state index in [1.54, 1.807) is 37.3 Å². The Morgan fingerprint density at radius 1 is 1.04 bits per heavy atom. The Hall–Kier alpha value is -2.58. The monoisotopic (exact) mass is 392 g/mol. The van der Waals surface area contributed by atoms with Gasteiger partial charge >= 0.3 is 0 Å². The molecule has 0 saturated heterocycles. The summed E-state index contributed by atoms with van der Waals surface area (Å²) in [6.45, 7) is 3.70. The molecule has 1 amide bonds. The van der Waals surface area contributed by atoms with Crippen LogP contribution in [0.3, 0.4) is 0 Å². The molecule has 2 rings (SSSR count). The van der Waals surface area contributed by atoms with Crippen molar-refractivity contribution >= 4 is 21.6 Å². The van der Waals surface area contributed by atoms with Crippen LogP contribution < -0.4 is 19.5 Å². The maximum atomic E-state index is 12.5. The first-order valence-corrected chi connectivity index (χ1v) is 9.94. The second-order valence-electron chi connectivity index (χ2n) is 6.01. The van der Waals surface area contributed by atoms with Crippen molar-refractivity contribution in [3.05, 3.63) is 48.0 Å². The second kappa shape index (κ2) is 8.88. The van der Waals surface area contributed by atoms with E-state index in [1.807, 2.05) is 6.92 Å². The summed E-state index contributed by atoms with van der Waals surface area (Å²) in [4.78, 5) is 12.6. The maximum Gasteiger partial charge on any atom is 0.255 e. The van der Waals surface area contributed by atoms with Crippen LogP contribution in [0.5, 0.6) is 11.5 Å². The van der Waals surface area contributed by atoms with Gasteiger partial charge in [-0.2, -0.15) is 0 Å². The number of rotatable bonds is 8. The van der Waals surface area contributed by atoms with Crippen molar-refractivity contribution in [2.45, 2.75) is 31.2 Å². The number of carbonyl (C=O) groups is 1. The van der Waals surface area contributed by atoms with Gasteiger partial charge in [0.1, 0.15) is 11.5 Å². The van der Waals surface area contributed by atoms with Crippen LogP contribution in [0.2, 0.25) is 0 Å². The van der Waals surface area contributed by atoms with Crippen molar-refractivity contribution in [3.8, 4) is 11.5 Å². The molecule has 0 heterocycles. The molecule has 0 aliphatic carbocycles. The first-order chi connectivity index (χ1) is 12.8. The predicted molar refractivity (Wildman–Crippen MR) is 104 cm³/mol. The van der Waals surface area contributed by atoms with Gasteiger partial charge in [0.15, 0.2) is 0 Å². The van der Waals surface area contributed by atoms with Gasteiger partial charge in [-0.15, -0.1) is 0 Å². The van der Waals surface area contributed by atoms with Gasteiger partial charge in [0.2, 0.25) is 10.0 Å². The molecule has 0 aliphatic heterocycles. The number of hydrogen-bond donors (Lipinski definition) is 2. The standard InChI is InChI=1S/C19H24N2O5S/c1-5-13(2)21-27(23,24)18-8-6-15(7-9-18)20-19(22)14-10-16(25-3)12-17(11-14)26-4/h6-13,21H,5H2,1-4H3,(H,20,22)/t13-/m0/s1. The summed E-state index contributed by atoms with van der Waals surface area (Å²) in [5.74, 6) is 0.634. The second-order valence-corrected chi connectivity index (χ2v) is 7.72. The van der Waals surface area contributed by atoms with Crippen molar-refractivity contribution < 1.29 is 22.7 Å². The lowest BCUT2D eigenvalue weighted by Crippen LogP contribution is -2.31. The highest BCUT2D eigenvalue weighted by molar-refractivity contribution is 7.89. The van der Waals surface area contributed by atoms with Crippen molar-refractivity contribution in [2.24, 2.45) is 0 Å². The molecule has 0 bridgehead atoms. The normalized spacial score (nSPS) is 12.3. The topological polar surface area (TPSA) is 93.7 Å². The van der Waals surface area contributed by atoms with E-state index in [4.69, 9.17) is 9.47 Å². The Morgan fingerprint density at radius 3 is 2.07 bits per heavy atom. The lowest BCUT2D eigenvalue weighted by molar-refractivity contribution is 0.102. The highest BCUT2D eigenvalue weighted by atomic mass is 32.2. The molecule has 0 unspecified atom stereocenters. The van der Waals surface area contributed by atoms with E-state index in [0.29, 0.717) is 29.2 Å². The van der Waals surface area contributed by atoms with E-state index in [0.717, 1.165) is 0 Å². The van der Waals surface area contributed by atoms with E-state index in [9.17, 15) is 13.2 Å². The molecule has 0 aliphatic rings. The first-order valence-electron chi connectivity index (χ1n) is 8.46. The van der Waals surface area contributed by atoms with Crippen LogP contribution >= 0.6 is 0 Å². The highest BCUT2D eigenvalue weighted by Crippen LogP contribution is 2.23. The Bertz CT molecular complexity index is 873. The number of nitrogens with one attached hydrogen (secondary N) is 2. The van der Waals surface area contributed by atoms with E-state index in [-0.39, 0.29) is 16.8 Å². The Kier molecular flexibility index (Phi) is 6.81. The molecule has 0 fully saturated rings. The van der Waals surface area contributed by atoms with Crippen molar-refractivity contribution in [2.75, 3.05) is 19.5 Å². The minimum Gasteiger partial charge on any atom is -0.497 e. The number of sulfonamides is 1. The van der Waals surface area contributed by atoms with E-state index < -0.39 is 10.0 Å². The Balaban J connectivity index is 2.16. The third-order valence-electron chi connectivity index (χ3n) is 4.00. The van der Waals surface area contributed by atoms with Crippen LogP contribution in [0.15, 0.2) is 47.4 Å². The Labute approximate surface area is 159 Å². The predicted octanol–water partition coefficient (Wildman–Crippen LogP) is 3.03. The lowest BCUT2D eigenvalue weighted by Gasteiger charge is -2.13. The third-order valence-corrected chi connectivity index (χ3v) is 5.61. The zero-order valence-electron chi connectivity index (χ0n) is 15.8. The van der Waals surface area contributed by atoms with Crippen LogP contribution in [0, 0.1) is 0 Å². The average molecular weight is 392 g/mol. The van der Waals surface area contributed by atoms with Crippen LogP contribution in [0.25, 0.3) is 0 Å². The van der Waals surface area contributed by atoms with Crippen LogP contribution in [0.1, 0.15) is 30.6 Å². The molecular weight excluding hydrogens is 368 g/mol. The fourth-order valence-electron chi connectivity index (χ4n) is 2.28. The first kappa shape index (κ1) is 20.7. The van der Waals surface area contributed by atoms with Crippen LogP contribution in [0.4, 0.5) is 5.69 Å². The molecule has 1 atom stereocenters. The largest absolute Gasteiger partial charge is 0.497 e. The number of hydrogen-bond acceptors (Lipinski definition) is 5. The lowest BCUT2D eigenvalue weighted by atomic mass is 10.2. The molecule has 0 aromatic heterocycles. The molecule has 2 N–H and O–H groups in total. The summed E-state index contributed by atoms with van der Waals surface area (Å²) >= 11 is 0. The summed E-state index contributed by atoms with van der Waals surface area (Å²) in [6.07, 6.45) is 0.692.